The molecule has 0 aliphatic carbocycles. The van der Waals surface area contributed by atoms with E-state index in [1.165, 1.54) is 0 Å². The lowest BCUT2D eigenvalue weighted by Gasteiger charge is -2.27. The second kappa shape index (κ2) is 10.2. The molecule has 0 unspecified atom stereocenters. The van der Waals surface area contributed by atoms with Gasteiger partial charge in [-0.15, -0.1) is 0 Å². The van der Waals surface area contributed by atoms with Gasteiger partial charge in [0.2, 0.25) is 0 Å². The number of amides is 1. The summed E-state index contributed by atoms with van der Waals surface area (Å²) in [6.07, 6.45) is 5.29. The van der Waals surface area contributed by atoms with E-state index in [0.29, 0.717) is 35.3 Å². The zero-order chi connectivity index (χ0) is 19.8. The van der Waals surface area contributed by atoms with E-state index in [4.69, 9.17) is 21.1 Å². The van der Waals surface area contributed by atoms with E-state index >= 15 is 0 Å². The molecule has 27 heavy (non-hydrogen) atoms. The first kappa shape index (κ1) is 21.0. The number of carbonyl (C=O) groups excluding carboxylic acids is 1. The molecule has 0 fully saturated rings. The Hall–Kier alpha value is -2.27. The van der Waals surface area contributed by atoms with Gasteiger partial charge in [-0.2, -0.15) is 0 Å². The van der Waals surface area contributed by atoms with Crippen LogP contribution in [0.1, 0.15) is 50.9 Å². The molecule has 0 saturated heterocycles. The fourth-order valence-corrected chi connectivity index (χ4v) is 2.96. The summed E-state index contributed by atoms with van der Waals surface area (Å²) >= 11 is 6.44. The van der Waals surface area contributed by atoms with Gasteiger partial charge in [0.1, 0.15) is 0 Å². The van der Waals surface area contributed by atoms with Crippen LogP contribution in [0.15, 0.2) is 36.7 Å². The van der Waals surface area contributed by atoms with E-state index in [1.54, 1.807) is 35.5 Å². The summed E-state index contributed by atoms with van der Waals surface area (Å²) in [5, 5.41) is 0.371. The predicted molar refractivity (Wildman–Crippen MR) is 109 cm³/mol. The van der Waals surface area contributed by atoms with Crippen molar-refractivity contribution in [1.82, 2.24) is 4.98 Å². The van der Waals surface area contributed by atoms with Gasteiger partial charge in [-0.1, -0.05) is 24.9 Å². The van der Waals surface area contributed by atoms with Gasteiger partial charge < -0.3 is 14.4 Å². The number of carbonyl (C=O) groups is 1. The summed E-state index contributed by atoms with van der Waals surface area (Å²) in [4.78, 5) is 19.0. The minimum Gasteiger partial charge on any atom is -0.490 e. The first-order valence-electron chi connectivity index (χ1n) is 9.32. The van der Waals surface area contributed by atoms with Gasteiger partial charge in [0.25, 0.3) is 5.91 Å². The Labute approximate surface area is 166 Å². The van der Waals surface area contributed by atoms with Crippen molar-refractivity contribution < 1.29 is 14.3 Å². The van der Waals surface area contributed by atoms with Gasteiger partial charge >= 0.3 is 0 Å². The zero-order valence-corrected chi connectivity index (χ0v) is 17.1. The summed E-state index contributed by atoms with van der Waals surface area (Å²) in [5.74, 6) is 0.807. The molecule has 0 atom stereocenters. The molecule has 1 amide bonds. The van der Waals surface area contributed by atoms with Crippen LogP contribution in [-0.4, -0.2) is 30.1 Å². The monoisotopic (exact) mass is 390 g/mol. The SMILES string of the molecule is CCCCOc1c(Cl)cc(C(=O)N(c2cccnc2)C(C)C)cc1OCC. The lowest BCUT2D eigenvalue weighted by molar-refractivity contribution is 0.0979. The molecule has 0 aliphatic rings. The van der Waals surface area contributed by atoms with Gasteiger partial charge in [0, 0.05) is 17.8 Å². The first-order chi connectivity index (χ1) is 13.0. The predicted octanol–water partition coefficient (Wildman–Crippen LogP) is 5.37. The molecular weight excluding hydrogens is 364 g/mol. The maximum absolute atomic E-state index is 13.2. The highest BCUT2D eigenvalue weighted by atomic mass is 35.5. The first-order valence-corrected chi connectivity index (χ1v) is 9.70. The molecule has 1 aromatic heterocycles. The number of nitrogens with zero attached hydrogens (tertiary/aromatic N) is 2. The van der Waals surface area contributed by atoms with Gasteiger partial charge in [0.05, 0.1) is 30.1 Å². The topological polar surface area (TPSA) is 51.7 Å². The normalized spacial score (nSPS) is 10.7. The van der Waals surface area contributed by atoms with Crippen molar-refractivity contribution >= 4 is 23.2 Å². The number of hydrogen-bond donors (Lipinski definition) is 0. The molecule has 2 aromatic rings. The lowest BCUT2D eigenvalue weighted by atomic mass is 10.1. The van der Waals surface area contributed by atoms with Crippen LogP contribution in [0.5, 0.6) is 11.5 Å². The molecule has 6 heteroatoms. The van der Waals surface area contributed by atoms with Crippen LogP contribution in [-0.2, 0) is 0 Å². The number of aromatic nitrogens is 1. The quantitative estimate of drug-likeness (QED) is 0.540. The number of unbranched alkanes of at least 4 members (excludes halogenated alkanes) is 1. The molecule has 0 aliphatic heterocycles. The van der Waals surface area contributed by atoms with Gasteiger partial charge in [-0.3, -0.25) is 9.78 Å². The average molecular weight is 391 g/mol. The summed E-state index contributed by atoms with van der Waals surface area (Å²) in [7, 11) is 0. The number of rotatable bonds is 9. The molecule has 0 saturated carbocycles. The molecule has 1 aromatic carbocycles. The largest absolute Gasteiger partial charge is 0.490 e. The third-order valence-corrected chi connectivity index (χ3v) is 4.24. The van der Waals surface area contributed by atoms with Gasteiger partial charge in [-0.25, -0.2) is 0 Å². The van der Waals surface area contributed by atoms with E-state index < -0.39 is 0 Å². The third-order valence-electron chi connectivity index (χ3n) is 3.96. The highest BCUT2D eigenvalue weighted by Gasteiger charge is 2.24. The lowest BCUT2D eigenvalue weighted by Crippen LogP contribution is -2.37. The zero-order valence-electron chi connectivity index (χ0n) is 16.4. The second-order valence-corrected chi connectivity index (χ2v) is 6.81. The fourth-order valence-electron chi connectivity index (χ4n) is 2.70. The Morgan fingerprint density at radius 1 is 1.26 bits per heavy atom. The van der Waals surface area contributed by atoms with Crippen LogP contribution in [0.2, 0.25) is 5.02 Å². The number of pyridine rings is 1. The van der Waals surface area contributed by atoms with Crippen molar-refractivity contribution in [2.75, 3.05) is 18.1 Å². The number of hydrogen-bond acceptors (Lipinski definition) is 4. The molecule has 146 valence electrons. The van der Waals surface area contributed by atoms with Crippen molar-refractivity contribution in [2.45, 2.75) is 46.6 Å². The summed E-state index contributed by atoms with van der Waals surface area (Å²) in [6, 6.07) is 6.96. The molecule has 2 rings (SSSR count). The van der Waals surface area contributed by atoms with Crippen LogP contribution < -0.4 is 14.4 Å². The molecule has 0 radical (unpaired) electrons. The Morgan fingerprint density at radius 3 is 2.63 bits per heavy atom. The van der Waals surface area contributed by atoms with Crippen molar-refractivity contribution in [3.05, 3.63) is 47.2 Å². The minimum atomic E-state index is -0.166. The summed E-state index contributed by atoms with van der Waals surface area (Å²) < 4.78 is 11.5. The number of ether oxygens (including phenoxy) is 2. The standard InChI is InChI=1S/C21H27ClN2O3/c1-5-7-11-27-20-18(22)12-16(13-19(20)26-6-2)21(25)24(15(3)4)17-9-8-10-23-14-17/h8-10,12-15H,5-7,11H2,1-4H3. The van der Waals surface area contributed by atoms with Crippen LogP contribution in [0.25, 0.3) is 0 Å². The maximum Gasteiger partial charge on any atom is 0.258 e. The Bertz CT molecular complexity index is 751. The average Bonchev–Trinajstić information content (AvgIpc) is 2.64. The van der Waals surface area contributed by atoms with Gasteiger partial charge in [-0.05, 0) is 51.5 Å². The third kappa shape index (κ3) is 5.36. The smallest absolute Gasteiger partial charge is 0.258 e. The highest BCUT2D eigenvalue weighted by molar-refractivity contribution is 6.32. The van der Waals surface area contributed by atoms with Crippen molar-refractivity contribution in [1.29, 1.82) is 0 Å². The van der Waals surface area contributed by atoms with Crippen molar-refractivity contribution in [3.63, 3.8) is 0 Å². The minimum absolute atomic E-state index is 0.0449. The Kier molecular flexibility index (Phi) is 7.92. The molecule has 0 spiro atoms. The molecule has 0 bridgehead atoms. The summed E-state index contributed by atoms with van der Waals surface area (Å²) in [6.45, 7) is 8.89. The highest BCUT2D eigenvalue weighted by Crippen LogP contribution is 2.37. The van der Waals surface area contributed by atoms with E-state index in [2.05, 4.69) is 11.9 Å². The Balaban J connectivity index is 2.39. The summed E-state index contributed by atoms with van der Waals surface area (Å²) in [5.41, 5.74) is 1.18. The Morgan fingerprint density at radius 2 is 2.04 bits per heavy atom. The van der Waals surface area contributed by atoms with E-state index in [0.717, 1.165) is 18.5 Å². The fraction of sp³-hybridized carbons (Fsp3) is 0.429. The molecule has 0 N–H and O–H groups in total. The molecule has 5 nitrogen and oxygen atoms in total. The van der Waals surface area contributed by atoms with E-state index in [-0.39, 0.29) is 11.9 Å². The van der Waals surface area contributed by atoms with Crippen LogP contribution in [0, 0.1) is 0 Å². The van der Waals surface area contributed by atoms with Gasteiger partial charge in [0.15, 0.2) is 11.5 Å². The van der Waals surface area contributed by atoms with E-state index in [1.807, 2.05) is 26.8 Å². The van der Waals surface area contributed by atoms with Crippen LogP contribution >= 0.6 is 11.6 Å². The number of anilines is 1. The maximum atomic E-state index is 13.2. The van der Waals surface area contributed by atoms with Crippen molar-refractivity contribution in [2.24, 2.45) is 0 Å². The number of halogens is 1. The molecule has 1 heterocycles. The second-order valence-electron chi connectivity index (χ2n) is 6.40. The van der Waals surface area contributed by atoms with Crippen LogP contribution in [0.4, 0.5) is 5.69 Å². The van der Waals surface area contributed by atoms with E-state index in [9.17, 15) is 4.79 Å². The van der Waals surface area contributed by atoms with Crippen molar-refractivity contribution in [3.8, 4) is 11.5 Å². The number of benzene rings is 1. The molecular formula is C21H27ClN2O3. The van der Waals surface area contributed by atoms with Crippen LogP contribution in [0.3, 0.4) is 0 Å².